The molecule has 8 heteroatoms. The van der Waals surface area contributed by atoms with Crippen LogP contribution < -0.4 is 10.2 Å². The van der Waals surface area contributed by atoms with E-state index in [1.165, 1.54) is 17.4 Å². The van der Waals surface area contributed by atoms with E-state index < -0.39 is 11.9 Å². The van der Waals surface area contributed by atoms with Crippen molar-refractivity contribution in [2.75, 3.05) is 30.9 Å². The maximum atomic E-state index is 12.7. The zero-order chi connectivity index (χ0) is 21.7. The predicted molar refractivity (Wildman–Crippen MR) is 120 cm³/mol. The van der Waals surface area contributed by atoms with Gasteiger partial charge in [0.1, 0.15) is 16.6 Å². The summed E-state index contributed by atoms with van der Waals surface area (Å²) in [5.41, 5.74) is 2.72. The van der Waals surface area contributed by atoms with Crippen LogP contribution in [0.2, 0.25) is 0 Å². The zero-order valence-corrected chi connectivity index (χ0v) is 19.3. The number of aryl methyl sites for hydroxylation is 1. The number of hydrogen-bond acceptors (Lipinski definition) is 6. The summed E-state index contributed by atoms with van der Waals surface area (Å²) in [6.07, 6.45) is 1.51. The van der Waals surface area contributed by atoms with Gasteiger partial charge in [0.2, 0.25) is 0 Å². The molecule has 29 heavy (non-hydrogen) atoms. The number of nitrogens with zero attached hydrogens (tertiary/aromatic N) is 2. The summed E-state index contributed by atoms with van der Waals surface area (Å²) in [6, 6.07) is 7.50. The lowest BCUT2D eigenvalue weighted by Gasteiger charge is -2.14. The Morgan fingerprint density at radius 1 is 1.34 bits per heavy atom. The molecule has 0 aliphatic heterocycles. The van der Waals surface area contributed by atoms with Crippen LogP contribution in [0.15, 0.2) is 28.2 Å². The lowest BCUT2D eigenvalue weighted by Crippen LogP contribution is -2.16. The van der Waals surface area contributed by atoms with Crippen molar-refractivity contribution in [3.05, 3.63) is 49.8 Å². The summed E-state index contributed by atoms with van der Waals surface area (Å²) >= 11 is 4.78. The summed E-state index contributed by atoms with van der Waals surface area (Å²) in [6.45, 7) is 5.63. The highest BCUT2D eigenvalue weighted by Gasteiger charge is 2.23. The normalized spacial score (nSPS) is 11.0. The average molecular weight is 476 g/mol. The van der Waals surface area contributed by atoms with Crippen LogP contribution in [0.3, 0.4) is 0 Å². The fourth-order valence-electron chi connectivity index (χ4n) is 2.63. The van der Waals surface area contributed by atoms with Gasteiger partial charge < -0.3 is 15.0 Å². The van der Waals surface area contributed by atoms with Crippen LogP contribution in [0.25, 0.3) is 6.08 Å². The largest absolute Gasteiger partial charge is 0.462 e. The third-order valence-corrected chi connectivity index (χ3v) is 5.98. The van der Waals surface area contributed by atoms with Gasteiger partial charge in [-0.05, 0) is 66.0 Å². The van der Waals surface area contributed by atoms with Gasteiger partial charge in [0.15, 0.2) is 0 Å². The Hall–Kier alpha value is -2.63. The average Bonchev–Trinajstić information content (AvgIpc) is 2.93. The highest BCUT2D eigenvalue weighted by atomic mass is 79.9. The fourth-order valence-corrected chi connectivity index (χ4v) is 4.42. The maximum absolute atomic E-state index is 12.7. The Balaban J connectivity index is 2.33. The van der Waals surface area contributed by atoms with Gasteiger partial charge in [-0.25, -0.2) is 4.79 Å². The number of halogens is 1. The van der Waals surface area contributed by atoms with Crippen LogP contribution in [0.4, 0.5) is 10.7 Å². The molecule has 0 spiro atoms. The van der Waals surface area contributed by atoms with Crippen molar-refractivity contribution in [3.63, 3.8) is 0 Å². The molecule has 0 aliphatic rings. The quantitative estimate of drug-likeness (QED) is 0.364. The summed E-state index contributed by atoms with van der Waals surface area (Å²) in [4.78, 5) is 27.8. The van der Waals surface area contributed by atoms with E-state index in [2.05, 4.69) is 21.2 Å². The Labute approximate surface area is 182 Å². The first-order valence-electron chi connectivity index (χ1n) is 8.86. The standard InChI is InChI=1S/C21H22BrN3O3S/c1-6-28-21(27)18-12(2)13(3)29-20(18)24-19(26)15(11-23)9-14-7-8-17(25(4)5)16(22)10-14/h7-10H,6H2,1-5H3,(H,24,26)/b15-9+. The summed E-state index contributed by atoms with van der Waals surface area (Å²) in [7, 11) is 3.85. The molecule has 1 amide bonds. The van der Waals surface area contributed by atoms with E-state index in [4.69, 9.17) is 4.74 Å². The lowest BCUT2D eigenvalue weighted by molar-refractivity contribution is -0.112. The Morgan fingerprint density at radius 3 is 2.59 bits per heavy atom. The number of nitriles is 1. The second-order valence-electron chi connectivity index (χ2n) is 6.44. The van der Waals surface area contributed by atoms with Gasteiger partial charge in [-0.3, -0.25) is 4.79 Å². The van der Waals surface area contributed by atoms with Gasteiger partial charge in [-0.1, -0.05) is 6.07 Å². The Bertz CT molecular complexity index is 1020. The molecule has 1 aromatic heterocycles. The first-order chi connectivity index (χ1) is 13.7. The van der Waals surface area contributed by atoms with E-state index in [1.807, 2.05) is 50.2 Å². The monoisotopic (exact) mass is 475 g/mol. The number of nitrogens with one attached hydrogen (secondary N) is 1. The van der Waals surface area contributed by atoms with E-state index in [1.54, 1.807) is 13.8 Å². The first kappa shape index (κ1) is 22.7. The molecule has 0 bridgehead atoms. The molecule has 1 aromatic carbocycles. The molecule has 1 N–H and O–H groups in total. The van der Waals surface area contributed by atoms with Crippen molar-refractivity contribution < 1.29 is 14.3 Å². The number of carbonyl (C=O) groups excluding carboxylic acids is 2. The molecule has 6 nitrogen and oxygen atoms in total. The topological polar surface area (TPSA) is 82.4 Å². The van der Waals surface area contributed by atoms with Crippen molar-refractivity contribution in [1.29, 1.82) is 5.26 Å². The number of anilines is 2. The molecule has 0 radical (unpaired) electrons. The molecular weight excluding hydrogens is 454 g/mol. The van der Waals surface area contributed by atoms with Gasteiger partial charge in [0.05, 0.1) is 17.9 Å². The number of rotatable bonds is 6. The van der Waals surface area contributed by atoms with Gasteiger partial charge in [0.25, 0.3) is 5.91 Å². The third-order valence-electron chi connectivity index (χ3n) is 4.22. The first-order valence-corrected chi connectivity index (χ1v) is 10.5. The third kappa shape index (κ3) is 5.25. The molecule has 2 aromatic rings. The molecule has 2 rings (SSSR count). The van der Waals surface area contributed by atoms with Gasteiger partial charge in [-0.2, -0.15) is 5.26 Å². The minimum Gasteiger partial charge on any atom is -0.462 e. The van der Waals surface area contributed by atoms with Gasteiger partial charge in [-0.15, -0.1) is 11.3 Å². The highest BCUT2D eigenvalue weighted by molar-refractivity contribution is 9.10. The minimum atomic E-state index is -0.577. The van der Waals surface area contributed by atoms with Crippen LogP contribution in [-0.4, -0.2) is 32.6 Å². The molecule has 0 saturated heterocycles. The van der Waals surface area contributed by atoms with E-state index in [0.717, 1.165) is 20.6 Å². The second-order valence-corrected chi connectivity index (χ2v) is 8.52. The molecular formula is C21H22BrN3O3S. The van der Waals surface area contributed by atoms with Crippen molar-refractivity contribution in [2.24, 2.45) is 0 Å². The number of esters is 1. The fraction of sp³-hybridized carbons (Fsp3) is 0.286. The van der Waals surface area contributed by atoms with E-state index >= 15 is 0 Å². The van der Waals surface area contributed by atoms with Crippen LogP contribution in [-0.2, 0) is 9.53 Å². The summed E-state index contributed by atoms with van der Waals surface area (Å²) < 4.78 is 5.95. The number of benzene rings is 1. The van der Waals surface area contributed by atoms with Crippen molar-refractivity contribution in [3.8, 4) is 6.07 Å². The molecule has 0 fully saturated rings. The Kier molecular flexibility index (Phi) is 7.59. The van der Waals surface area contributed by atoms with Crippen molar-refractivity contribution in [2.45, 2.75) is 20.8 Å². The van der Waals surface area contributed by atoms with E-state index in [0.29, 0.717) is 16.1 Å². The van der Waals surface area contributed by atoms with Crippen LogP contribution in [0, 0.1) is 25.2 Å². The minimum absolute atomic E-state index is 0.0620. The molecule has 152 valence electrons. The van der Waals surface area contributed by atoms with Crippen molar-refractivity contribution in [1.82, 2.24) is 0 Å². The number of thiophene rings is 1. The van der Waals surface area contributed by atoms with Crippen LogP contribution in [0.1, 0.15) is 33.3 Å². The molecule has 0 unspecified atom stereocenters. The number of amides is 1. The number of ether oxygens (including phenoxy) is 1. The van der Waals surface area contributed by atoms with E-state index in [9.17, 15) is 14.9 Å². The van der Waals surface area contributed by atoms with Crippen LogP contribution in [0.5, 0.6) is 0 Å². The highest BCUT2D eigenvalue weighted by Crippen LogP contribution is 2.33. The second kappa shape index (κ2) is 9.72. The molecule has 1 heterocycles. The molecule has 0 saturated carbocycles. The maximum Gasteiger partial charge on any atom is 0.341 e. The smallest absolute Gasteiger partial charge is 0.341 e. The number of carbonyl (C=O) groups is 2. The summed E-state index contributed by atoms with van der Waals surface area (Å²) in [5, 5.41) is 12.6. The zero-order valence-electron chi connectivity index (χ0n) is 16.9. The SMILES string of the molecule is CCOC(=O)c1c(NC(=O)/C(C#N)=C/c2ccc(N(C)C)c(Br)c2)sc(C)c1C. The van der Waals surface area contributed by atoms with Crippen LogP contribution >= 0.6 is 27.3 Å². The molecule has 0 atom stereocenters. The predicted octanol–water partition coefficient (Wildman–Crippen LogP) is 4.92. The van der Waals surface area contributed by atoms with E-state index in [-0.39, 0.29) is 12.2 Å². The summed E-state index contributed by atoms with van der Waals surface area (Å²) in [5.74, 6) is -1.07. The van der Waals surface area contributed by atoms with Gasteiger partial charge in [0, 0.05) is 23.4 Å². The number of hydrogen-bond donors (Lipinski definition) is 1. The van der Waals surface area contributed by atoms with Gasteiger partial charge >= 0.3 is 5.97 Å². The molecule has 0 aliphatic carbocycles. The van der Waals surface area contributed by atoms with Crippen molar-refractivity contribution >= 4 is 55.9 Å². The Morgan fingerprint density at radius 2 is 2.03 bits per heavy atom. The lowest BCUT2D eigenvalue weighted by atomic mass is 10.1.